The summed E-state index contributed by atoms with van der Waals surface area (Å²) in [5.41, 5.74) is 0.316. The number of esters is 1. The Morgan fingerprint density at radius 3 is 2.46 bits per heavy atom. The largest absolute Gasteiger partial charge is 0.469 e. The molecule has 0 aromatic heterocycles. The molecule has 0 heterocycles. The lowest BCUT2D eigenvalue weighted by Crippen LogP contribution is -2.21. The number of methoxy groups -OCH3 is 1. The summed E-state index contributed by atoms with van der Waals surface area (Å²) in [5, 5.41) is 2.63. The molecule has 0 rings (SSSR count). The summed E-state index contributed by atoms with van der Waals surface area (Å²) < 4.78 is 4.49. The number of ether oxygens (including phenoxy) is 1. The second-order valence-corrected chi connectivity index (χ2v) is 2.78. The lowest BCUT2D eigenvalue weighted by molar-refractivity contribution is -0.146. The summed E-state index contributed by atoms with van der Waals surface area (Å²) in [6.45, 7) is 5.14. The monoisotopic (exact) mass is 185 g/mol. The van der Waals surface area contributed by atoms with Crippen LogP contribution in [0.3, 0.4) is 0 Å². The molecule has 13 heavy (non-hydrogen) atoms. The maximum absolute atomic E-state index is 11.2. The highest BCUT2D eigenvalue weighted by molar-refractivity contribution is 5.96. The van der Waals surface area contributed by atoms with Crippen LogP contribution in [0.2, 0.25) is 0 Å². The summed E-state index contributed by atoms with van der Waals surface area (Å²) >= 11 is 0. The molecule has 74 valence electrons. The van der Waals surface area contributed by atoms with Crippen LogP contribution in [0.15, 0.2) is 12.3 Å². The molecule has 0 aliphatic carbocycles. The summed E-state index contributed by atoms with van der Waals surface area (Å²) in [5.74, 6) is -0.958. The van der Waals surface area contributed by atoms with Crippen LogP contribution in [-0.4, -0.2) is 25.9 Å². The zero-order chi connectivity index (χ0) is 10.4. The van der Waals surface area contributed by atoms with Gasteiger partial charge in [-0.2, -0.15) is 0 Å². The van der Waals surface area contributed by atoms with E-state index in [-0.39, 0.29) is 18.2 Å². The van der Waals surface area contributed by atoms with E-state index in [4.69, 9.17) is 0 Å². The minimum atomic E-state index is -0.414. The smallest absolute Gasteiger partial charge is 0.308 e. The highest BCUT2D eigenvalue weighted by Gasteiger charge is 2.18. The van der Waals surface area contributed by atoms with Crippen LogP contribution in [-0.2, 0) is 14.3 Å². The molecule has 0 unspecified atom stereocenters. The highest BCUT2D eigenvalue weighted by Crippen LogP contribution is 2.07. The van der Waals surface area contributed by atoms with Crippen LogP contribution in [0.1, 0.15) is 13.3 Å². The Morgan fingerprint density at radius 2 is 2.08 bits per heavy atom. The molecule has 0 radical (unpaired) electrons. The predicted octanol–water partition coefficient (Wildman–Crippen LogP) is 0.488. The van der Waals surface area contributed by atoms with Gasteiger partial charge in [0.25, 0.3) is 0 Å². The minimum absolute atomic E-state index is 0.131. The topological polar surface area (TPSA) is 55.4 Å². The van der Waals surface area contributed by atoms with E-state index in [0.29, 0.717) is 5.70 Å². The molecule has 0 aromatic rings. The molecular weight excluding hydrogens is 170 g/mol. The first-order valence-corrected chi connectivity index (χ1v) is 4.00. The van der Waals surface area contributed by atoms with E-state index in [1.54, 1.807) is 14.0 Å². The van der Waals surface area contributed by atoms with Gasteiger partial charge in [-0.25, -0.2) is 0 Å². The second kappa shape index (κ2) is 5.35. The van der Waals surface area contributed by atoms with Gasteiger partial charge in [-0.05, 0) is 0 Å². The number of carbonyl (C=O) groups excluding carboxylic acids is 2. The standard InChI is InChI=1S/C9H15NO3/c1-6(9(12)13-4)5-8(11)7(2)10-3/h6,10H,2,5H2,1,3-4H3/t6-/m1/s1. The van der Waals surface area contributed by atoms with Crippen LogP contribution < -0.4 is 5.32 Å². The fraction of sp³-hybridized carbons (Fsp3) is 0.556. The lowest BCUT2D eigenvalue weighted by atomic mass is 10.0. The Bertz CT molecular complexity index is 223. The van der Waals surface area contributed by atoms with Crippen molar-refractivity contribution in [1.82, 2.24) is 5.32 Å². The number of likely N-dealkylation sites (N-methyl/N-ethyl adjacent to an activating group) is 1. The first-order chi connectivity index (χ1) is 6.02. The third-order valence-electron chi connectivity index (χ3n) is 1.73. The predicted molar refractivity (Wildman–Crippen MR) is 49.0 cm³/mol. The normalized spacial score (nSPS) is 11.6. The quantitative estimate of drug-likeness (QED) is 0.500. The SMILES string of the molecule is C=C(NC)C(=O)C[C@@H](C)C(=O)OC. The summed E-state index contributed by atoms with van der Waals surface area (Å²) in [7, 11) is 2.92. The maximum Gasteiger partial charge on any atom is 0.308 e. The van der Waals surface area contributed by atoms with Gasteiger partial charge in [0.05, 0.1) is 18.7 Å². The van der Waals surface area contributed by atoms with Crippen LogP contribution >= 0.6 is 0 Å². The number of hydrogen-bond acceptors (Lipinski definition) is 4. The maximum atomic E-state index is 11.2. The average Bonchev–Trinajstić information content (AvgIpc) is 2.14. The van der Waals surface area contributed by atoms with Crippen molar-refractivity contribution in [1.29, 1.82) is 0 Å². The van der Waals surface area contributed by atoms with Crippen LogP contribution in [0.25, 0.3) is 0 Å². The summed E-state index contributed by atoms with van der Waals surface area (Å²) in [6, 6.07) is 0. The molecule has 0 amide bonds. The Hall–Kier alpha value is -1.32. The van der Waals surface area contributed by atoms with Gasteiger partial charge in [0.1, 0.15) is 0 Å². The van der Waals surface area contributed by atoms with Gasteiger partial charge < -0.3 is 10.1 Å². The van der Waals surface area contributed by atoms with Crippen molar-refractivity contribution < 1.29 is 14.3 Å². The van der Waals surface area contributed by atoms with Gasteiger partial charge in [-0.15, -0.1) is 0 Å². The van der Waals surface area contributed by atoms with Gasteiger partial charge in [0.15, 0.2) is 5.78 Å². The second-order valence-electron chi connectivity index (χ2n) is 2.78. The first-order valence-electron chi connectivity index (χ1n) is 4.00. The van der Waals surface area contributed by atoms with Crippen molar-refractivity contribution in [3.63, 3.8) is 0 Å². The number of nitrogens with one attached hydrogen (secondary N) is 1. The van der Waals surface area contributed by atoms with Crippen molar-refractivity contribution in [3.8, 4) is 0 Å². The Morgan fingerprint density at radius 1 is 1.54 bits per heavy atom. The molecule has 0 aliphatic heterocycles. The van der Waals surface area contributed by atoms with Crippen molar-refractivity contribution in [2.24, 2.45) is 5.92 Å². The van der Waals surface area contributed by atoms with E-state index in [9.17, 15) is 9.59 Å². The van der Waals surface area contributed by atoms with Crippen molar-refractivity contribution in [2.75, 3.05) is 14.2 Å². The molecule has 0 fully saturated rings. The zero-order valence-corrected chi connectivity index (χ0v) is 8.22. The molecule has 0 aliphatic rings. The number of Topliss-reactive ketones (excluding diaryl/α,β-unsaturated/α-hetero) is 1. The highest BCUT2D eigenvalue weighted by atomic mass is 16.5. The zero-order valence-electron chi connectivity index (χ0n) is 8.22. The Balaban J connectivity index is 4.06. The van der Waals surface area contributed by atoms with Gasteiger partial charge in [-0.3, -0.25) is 9.59 Å². The number of hydrogen-bond donors (Lipinski definition) is 1. The van der Waals surface area contributed by atoms with Crippen LogP contribution in [0, 0.1) is 5.92 Å². The third-order valence-corrected chi connectivity index (χ3v) is 1.73. The third kappa shape index (κ3) is 3.73. The number of ketones is 1. The van der Waals surface area contributed by atoms with Gasteiger partial charge in [0, 0.05) is 13.5 Å². The molecule has 0 spiro atoms. The van der Waals surface area contributed by atoms with Gasteiger partial charge >= 0.3 is 5.97 Å². The van der Waals surface area contributed by atoms with Crippen LogP contribution in [0.4, 0.5) is 0 Å². The number of rotatable bonds is 5. The molecule has 0 bridgehead atoms. The fourth-order valence-corrected chi connectivity index (χ4v) is 0.825. The molecule has 1 atom stereocenters. The molecule has 0 aromatic carbocycles. The molecule has 0 saturated carbocycles. The van der Waals surface area contributed by atoms with E-state index in [1.165, 1.54) is 7.11 Å². The first kappa shape index (κ1) is 11.7. The average molecular weight is 185 g/mol. The van der Waals surface area contributed by atoms with Gasteiger partial charge in [0.2, 0.25) is 0 Å². The molecule has 4 heteroatoms. The lowest BCUT2D eigenvalue weighted by Gasteiger charge is -2.08. The van der Waals surface area contributed by atoms with E-state index in [2.05, 4.69) is 16.6 Å². The number of carbonyl (C=O) groups is 2. The Labute approximate surface area is 78.0 Å². The molecule has 4 nitrogen and oxygen atoms in total. The fourth-order valence-electron chi connectivity index (χ4n) is 0.825. The Kier molecular flexibility index (Phi) is 4.80. The molecule has 1 N–H and O–H groups in total. The van der Waals surface area contributed by atoms with E-state index in [0.717, 1.165) is 0 Å². The van der Waals surface area contributed by atoms with Crippen molar-refractivity contribution in [3.05, 3.63) is 12.3 Å². The van der Waals surface area contributed by atoms with E-state index >= 15 is 0 Å². The molecular formula is C9H15NO3. The van der Waals surface area contributed by atoms with Crippen molar-refractivity contribution >= 4 is 11.8 Å². The summed E-state index contributed by atoms with van der Waals surface area (Å²) in [4.78, 5) is 22.2. The van der Waals surface area contributed by atoms with Gasteiger partial charge in [-0.1, -0.05) is 13.5 Å². The number of allylic oxidation sites excluding steroid dienone is 1. The van der Waals surface area contributed by atoms with E-state index in [1.807, 2.05) is 0 Å². The van der Waals surface area contributed by atoms with Crippen LogP contribution in [0.5, 0.6) is 0 Å². The summed E-state index contributed by atoms with van der Waals surface area (Å²) in [6.07, 6.45) is 0.131. The van der Waals surface area contributed by atoms with Crippen molar-refractivity contribution in [2.45, 2.75) is 13.3 Å². The molecule has 0 saturated heterocycles. The van der Waals surface area contributed by atoms with E-state index < -0.39 is 5.92 Å². The minimum Gasteiger partial charge on any atom is -0.469 e.